The lowest BCUT2D eigenvalue weighted by molar-refractivity contribution is -0.122. The Kier molecular flexibility index (Phi) is 5.64. The average Bonchev–Trinajstić information content (AvgIpc) is 3.21. The maximum Gasteiger partial charge on any atom is 0.337 e. The van der Waals surface area contributed by atoms with Gasteiger partial charge in [-0.25, -0.2) is 9.78 Å². The second-order valence-corrected chi connectivity index (χ2v) is 7.89. The van der Waals surface area contributed by atoms with Gasteiger partial charge in [-0.1, -0.05) is 60.7 Å². The largest absolute Gasteiger partial charge is 0.478 e. The Labute approximate surface area is 181 Å². The first kappa shape index (κ1) is 20.5. The van der Waals surface area contributed by atoms with Crippen LogP contribution >= 0.6 is 11.3 Å². The molecule has 1 atom stereocenters. The summed E-state index contributed by atoms with van der Waals surface area (Å²) in [6, 6.07) is 18.3. The van der Waals surface area contributed by atoms with Crippen molar-refractivity contribution in [2.24, 2.45) is 0 Å². The number of aromatic carboxylic acids is 1. The summed E-state index contributed by atoms with van der Waals surface area (Å²) < 4.78 is 1.24. The van der Waals surface area contributed by atoms with Gasteiger partial charge in [-0.15, -0.1) is 11.3 Å². The smallest absolute Gasteiger partial charge is 0.337 e. The molecular weight excluding hydrogens is 414 g/mol. The number of hydrogen-bond donors (Lipinski definition) is 2. The Bertz CT molecular complexity index is 1310. The van der Waals surface area contributed by atoms with Crippen molar-refractivity contribution in [3.8, 4) is 11.4 Å². The maximum atomic E-state index is 13.3. The van der Waals surface area contributed by atoms with Gasteiger partial charge in [0.15, 0.2) is 0 Å². The molecule has 0 aliphatic carbocycles. The lowest BCUT2D eigenvalue weighted by Crippen LogP contribution is -2.35. The van der Waals surface area contributed by atoms with Crippen LogP contribution in [-0.2, 0) is 11.3 Å². The zero-order valence-electron chi connectivity index (χ0n) is 16.6. The zero-order chi connectivity index (χ0) is 22.0. The van der Waals surface area contributed by atoms with E-state index in [9.17, 15) is 19.5 Å². The fraction of sp³-hybridized carbons (Fsp3) is 0.130. The maximum absolute atomic E-state index is 13.3. The van der Waals surface area contributed by atoms with E-state index in [1.165, 1.54) is 9.95 Å². The molecule has 4 aromatic rings. The summed E-state index contributed by atoms with van der Waals surface area (Å²) in [5.74, 6) is -1.25. The van der Waals surface area contributed by atoms with Crippen LogP contribution in [0, 0.1) is 0 Å². The third kappa shape index (κ3) is 4.10. The predicted molar refractivity (Wildman–Crippen MR) is 119 cm³/mol. The fourth-order valence-corrected chi connectivity index (χ4v) is 4.29. The molecule has 0 saturated carbocycles. The van der Waals surface area contributed by atoms with Gasteiger partial charge in [-0.2, -0.15) is 0 Å². The zero-order valence-corrected chi connectivity index (χ0v) is 17.4. The van der Waals surface area contributed by atoms with Crippen LogP contribution in [0.1, 0.15) is 28.9 Å². The number of amides is 1. The fourth-order valence-electron chi connectivity index (χ4n) is 3.39. The van der Waals surface area contributed by atoms with Crippen molar-refractivity contribution in [2.45, 2.75) is 19.5 Å². The summed E-state index contributed by atoms with van der Waals surface area (Å²) >= 11 is 1.09. The van der Waals surface area contributed by atoms with Crippen molar-refractivity contribution in [1.29, 1.82) is 0 Å². The van der Waals surface area contributed by atoms with Gasteiger partial charge in [0, 0.05) is 10.9 Å². The van der Waals surface area contributed by atoms with E-state index >= 15 is 0 Å². The molecule has 1 unspecified atom stereocenters. The van der Waals surface area contributed by atoms with Gasteiger partial charge in [-0.05, 0) is 12.5 Å². The van der Waals surface area contributed by atoms with Crippen LogP contribution in [0.15, 0.2) is 70.8 Å². The van der Waals surface area contributed by atoms with E-state index < -0.39 is 11.5 Å². The van der Waals surface area contributed by atoms with Gasteiger partial charge in [0.2, 0.25) is 5.91 Å². The number of carbonyl (C=O) groups excluding carboxylic acids is 1. The Hall–Kier alpha value is -3.78. The van der Waals surface area contributed by atoms with Crippen LogP contribution in [0.5, 0.6) is 0 Å². The number of rotatable bonds is 6. The number of nitrogens with one attached hydrogen (secondary N) is 1. The van der Waals surface area contributed by atoms with E-state index in [0.717, 1.165) is 16.9 Å². The molecule has 8 heteroatoms. The molecular formula is C23H19N3O4S. The predicted octanol–water partition coefficient (Wildman–Crippen LogP) is 3.70. The normalized spacial score (nSPS) is 11.9. The molecule has 0 radical (unpaired) electrons. The Morgan fingerprint density at radius 1 is 1.10 bits per heavy atom. The molecule has 156 valence electrons. The van der Waals surface area contributed by atoms with Gasteiger partial charge in [0.05, 0.1) is 17.0 Å². The molecule has 31 heavy (non-hydrogen) atoms. The van der Waals surface area contributed by atoms with E-state index in [0.29, 0.717) is 16.2 Å². The van der Waals surface area contributed by atoms with Crippen molar-refractivity contribution < 1.29 is 14.7 Å². The lowest BCUT2D eigenvalue weighted by atomic mass is 10.1. The van der Waals surface area contributed by atoms with Crippen LogP contribution in [-0.4, -0.2) is 26.5 Å². The second kappa shape index (κ2) is 8.53. The first-order valence-electron chi connectivity index (χ1n) is 9.60. The van der Waals surface area contributed by atoms with Crippen molar-refractivity contribution in [3.63, 3.8) is 0 Å². The van der Waals surface area contributed by atoms with E-state index in [4.69, 9.17) is 0 Å². The number of nitrogens with zero attached hydrogens (tertiary/aromatic N) is 2. The molecule has 2 aromatic carbocycles. The molecule has 2 N–H and O–H groups in total. The van der Waals surface area contributed by atoms with Crippen molar-refractivity contribution in [3.05, 3.63) is 87.5 Å². The van der Waals surface area contributed by atoms with Crippen LogP contribution < -0.4 is 10.9 Å². The van der Waals surface area contributed by atoms with Crippen LogP contribution in [0.25, 0.3) is 21.6 Å². The highest BCUT2D eigenvalue weighted by Gasteiger charge is 2.22. The average molecular weight is 433 g/mol. The number of aromatic nitrogens is 2. The van der Waals surface area contributed by atoms with E-state index in [-0.39, 0.29) is 29.4 Å². The summed E-state index contributed by atoms with van der Waals surface area (Å²) in [5, 5.41) is 13.8. The summed E-state index contributed by atoms with van der Waals surface area (Å²) in [7, 11) is 0. The summed E-state index contributed by atoms with van der Waals surface area (Å²) in [6.07, 6.45) is 0. The third-order valence-corrected chi connectivity index (χ3v) is 5.81. The van der Waals surface area contributed by atoms with E-state index in [1.807, 2.05) is 55.5 Å². The molecule has 0 aliphatic rings. The molecule has 2 aromatic heterocycles. The van der Waals surface area contributed by atoms with E-state index in [2.05, 4.69) is 10.3 Å². The summed E-state index contributed by atoms with van der Waals surface area (Å²) in [6.45, 7) is 1.58. The number of benzene rings is 2. The number of fused-ring (bicyclic) bond motifs is 1. The number of carboxylic acids is 1. The van der Waals surface area contributed by atoms with Gasteiger partial charge in [0.25, 0.3) is 5.56 Å². The minimum atomic E-state index is -1.20. The highest BCUT2D eigenvalue weighted by Crippen LogP contribution is 2.25. The third-order valence-electron chi connectivity index (χ3n) is 4.93. The number of hydrogen-bond acceptors (Lipinski definition) is 5. The van der Waals surface area contributed by atoms with Crippen molar-refractivity contribution in [2.75, 3.05) is 0 Å². The van der Waals surface area contributed by atoms with E-state index in [1.54, 1.807) is 12.1 Å². The number of thiophene rings is 1. The van der Waals surface area contributed by atoms with Gasteiger partial charge in [0.1, 0.15) is 17.2 Å². The van der Waals surface area contributed by atoms with Crippen molar-refractivity contribution >= 4 is 33.4 Å². The highest BCUT2D eigenvalue weighted by atomic mass is 32.1. The second-order valence-electron chi connectivity index (χ2n) is 7.03. The van der Waals surface area contributed by atoms with Crippen molar-refractivity contribution in [1.82, 2.24) is 14.9 Å². The van der Waals surface area contributed by atoms with Crippen LogP contribution in [0.4, 0.5) is 0 Å². The van der Waals surface area contributed by atoms with Gasteiger partial charge < -0.3 is 10.4 Å². The monoisotopic (exact) mass is 433 g/mol. The molecule has 4 rings (SSSR count). The molecule has 0 spiro atoms. The highest BCUT2D eigenvalue weighted by molar-refractivity contribution is 7.17. The molecule has 0 bridgehead atoms. The van der Waals surface area contributed by atoms with Gasteiger partial charge in [-0.3, -0.25) is 14.2 Å². The van der Waals surface area contributed by atoms with Crippen LogP contribution in [0.2, 0.25) is 0 Å². The lowest BCUT2D eigenvalue weighted by Gasteiger charge is -2.17. The molecule has 0 saturated heterocycles. The van der Waals surface area contributed by atoms with Crippen LogP contribution in [0.3, 0.4) is 0 Å². The topological polar surface area (TPSA) is 101 Å². The minimum absolute atomic E-state index is 0.0149. The number of carbonyl (C=O) groups is 2. The summed E-state index contributed by atoms with van der Waals surface area (Å²) in [5.41, 5.74) is 0.940. The Morgan fingerprint density at radius 2 is 1.74 bits per heavy atom. The SMILES string of the molecule is CC(NC(=O)Cn1c(-c2ccccc2)nc2scc(C(=O)O)c2c1=O)c1ccccc1. The number of carboxylic acid groups (broad SMARTS) is 1. The minimum Gasteiger partial charge on any atom is -0.478 e. The molecule has 2 heterocycles. The van der Waals surface area contributed by atoms with Gasteiger partial charge >= 0.3 is 5.97 Å². The molecule has 0 aliphatic heterocycles. The summed E-state index contributed by atoms with van der Waals surface area (Å²) in [4.78, 5) is 42.5. The first-order valence-corrected chi connectivity index (χ1v) is 10.5. The quantitative estimate of drug-likeness (QED) is 0.483. The standard InChI is InChI=1S/C23H19N3O4S/c1-14(15-8-4-2-5-9-15)24-18(27)12-26-20(16-10-6-3-7-11-16)25-21-19(22(26)28)17(13-31-21)23(29)30/h2-11,13-14H,12H2,1H3,(H,24,27)(H,29,30). The molecule has 0 fully saturated rings. The molecule has 1 amide bonds. The Morgan fingerprint density at radius 3 is 2.39 bits per heavy atom. The first-order chi connectivity index (χ1) is 15.0. The Balaban J connectivity index is 1.76. The molecule has 7 nitrogen and oxygen atoms in total.